The van der Waals surface area contributed by atoms with Crippen molar-refractivity contribution in [1.82, 2.24) is 10.1 Å². The highest BCUT2D eigenvalue weighted by Crippen LogP contribution is 2.06. The molecule has 15 heavy (non-hydrogen) atoms. The quantitative estimate of drug-likeness (QED) is 0.722. The predicted molar refractivity (Wildman–Crippen MR) is 56.5 cm³/mol. The van der Waals surface area contributed by atoms with Crippen LogP contribution in [0.5, 0.6) is 0 Å². The maximum absolute atomic E-state index is 11.3. The largest absolute Gasteiger partial charge is 0.339 e. The minimum absolute atomic E-state index is 0.164. The standard InChI is InChI=1S/C11H18N2O2/c1-4-5-9(14)7-11-12-10(13-15-11)6-8(2)3/h8H,4-7H2,1-3H3. The number of ketones is 1. The third kappa shape index (κ3) is 4.23. The van der Waals surface area contributed by atoms with Crippen molar-refractivity contribution in [3.8, 4) is 0 Å². The van der Waals surface area contributed by atoms with Gasteiger partial charge in [0.15, 0.2) is 5.82 Å². The molecule has 0 saturated heterocycles. The highest BCUT2D eigenvalue weighted by atomic mass is 16.5. The Hall–Kier alpha value is -1.19. The minimum Gasteiger partial charge on any atom is -0.339 e. The first-order chi connectivity index (χ1) is 7.11. The van der Waals surface area contributed by atoms with E-state index in [-0.39, 0.29) is 12.2 Å². The molecule has 1 aromatic rings. The Morgan fingerprint density at radius 1 is 1.47 bits per heavy atom. The zero-order valence-electron chi connectivity index (χ0n) is 9.62. The van der Waals surface area contributed by atoms with Gasteiger partial charge in [0.1, 0.15) is 5.78 Å². The molecule has 1 heterocycles. The van der Waals surface area contributed by atoms with Crippen molar-refractivity contribution in [2.45, 2.75) is 46.5 Å². The second-order valence-electron chi connectivity index (χ2n) is 4.17. The van der Waals surface area contributed by atoms with E-state index in [1.54, 1.807) is 0 Å². The van der Waals surface area contributed by atoms with E-state index in [4.69, 9.17) is 4.52 Å². The first-order valence-electron chi connectivity index (χ1n) is 5.45. The van der Waals surface area contributed by atoms with Crippen LogP contribution in [0.25, 0.3) is 0 Å². The molecule has 0 spiro atoms. The fraction of sp³-hybridized carbons (Fsp3) is 0.727. The molecule has 0 bridgehead atoms. The van der Waals surface area contributed by atoms with E-state index in [2.05, 4.69) is 24.0 Å². The van der Waals surface area contributed by atoms with Gasteiger partial charge in [-0.3, -0.25) is 4.79 Å². The van der Waals surface area contributed by atoms with E-state index in [1.165, 1.54) is 0 Å². The SMILES string of the molecule is CCCC(=O)Cc1nc(CC(C)C)no1. The van der Waals surface area contributed by atoms with E-state index in [1.807, 2.05) is 6.92 Å². The van der Waals surface area contributed by atoms with E-state index in [9.17, 15) is 4.79 Å². The van der Waals surface area contributed by atoms with Crippen molar-refractivity contribution in [1.29, 1.82) is 0 Å². The van der Waals surface area contributed by atoms with Gasteiger partial charge in [-0.05, 0) is 12.3 Å². The molecule has 4 nitrogen and oxygen atoms in total. The van der Waals surface area contributed by atoms with Gasteiger partial charge in [-0.2, -0.15) is 4.98 Å². The molecule has 0 saturated carbocycles. The highest BCUT2D eigenvalue weighted by Gasteiger charge is 2.11. The van der Waals surface area contributed by atoms with Gasteiger partial charge in [0, 0.05) is 12.8 Å². The number of carbonyl (C=O) groups excluding carboxylic acids is 1. The van der Waals surface area contributed by atoms with Crippen molar-refractivity contribution in [2.75, 3.05) is 0 Å². The number of rotatable bonds is 6. The lowest BCUT2D eigenvalue weighted by molar-refractivity contribution is -0.118. The van der Waals surface area contributed by atoms with E-state index in [0.29, 0.717) is 24.1 Å². The van der Waals surface area contributed by atoms with Crippen LogP contribution >= 0.6 is 0 Å². The number of hydrogen-bond acceptors (Lipinski definition) is 4. The summed E-state index contributed by atoms with van der Waals surface area (Å²) in [7, 11) is 0. The van der Waals surface area contributed by atoms with E-state index >= 15 is 0 Å². The van der Waals surface area contributed by atoms with Crippen molar-refractivity contribution >= 4 is 5.78 Å². The summed E-state index contributed by atoms with van der Waals surface area (Å²) in [6.07, 6.45) is 2.53. The summed E-state index contributed by atoms with van der Waals surface area (Å²) in [6.45, 7) is 6.17. The van der Waals surface area contributed by atoms with Crippen LogP contribution in [-0.4, -0.2) is 15.9 Å². The normalized spacial score (nSPS) is 10.9. The summed E-state index contributed by atoms with van der Waals surface area (Å²) in [6, 6.07) is 0. The van der Waals surface area contributed by atoms with Gasteiger partial charge < -0.3 is 4.52 Å². The molecule has 0 N–H and O–H groups in total. The van der Waals surface area contributed by atoms with Crippen molar-refractivity contribution in [3.63, 3.8) is 0 Å². The van der Waals surface area contributed by atoms with Crippen LogP contribution in [-0.2, 0) is 17.6 Å². The molecule has 0 fully saturated rings. The summed E-state index contributed by atoms with van der Waals surface area (Å²) in [5.74, 6) is 1.81. The molecule has 0 aliphatic carbocycles. The Labute approximate surface area is 90.1 Å². The minimum atomic E-state index is 0.164. The second-order valence-corrected chi connectivity index (χ2v) is 4.17. The third-order valence-corrected chi connectivity index (χ3v) is 1.98. The van der Waals surface area contributed by atoms with Gasteiger partial charge in [0.05, 0.1) is 6.42 Å². The van der Waals surface area contributed by atoms with Gasteiger partial charge >= 0.3 is 0 Å². The average molecular weight is 210 g/mol. The lowest BCUT2D eigenvalue weighted by atomic mass is 10.1. The maximum atomic E-state index is 11.3. The number of hydrogen-bond donors (Lipinski definition) is 0. The number of nitrogens with zero attached hydrogens (tertiary/aromatic N) is 2. The monoisotopic (exact) mass is 210 g/mol. The zero-order valence-corrected chi connectivity index (χ0v) is 9.62. The van der Waals surface area contributed by atoms with Crippen molar-refractivity contribution in [3.05, 3.63) is 11.7 Å². The second kappa shape index (κ2) is 5.63. The molecule has 0 aromatic carbocycles. The molecule has 1 rings (SSSR count). The van der Waals surface area contributed by atoms with Gasteiger partial charge in [-0.25, -0.2) is 0 Å². The van der Waals surface area contributed by atoms with Crippen LogP contribution in [0.1, 0.15) is 45.3 Å². The lowest BCUT2D eigenvalue weighted by Gasteiger charge is -1.96. The topological polar surface area (TPSA) is 56.0 Å². The first-order valence-corrected chi connectivity index (χ1v) is 5.45. The Morgan fingerprint density at radius 2 is 2.20 bits per heavy atom. The Balaban J connectivity index is 2.49. The Morgan fingerprint density at radius 3 is 2.80 bits per heavy atom. The van der Waals surface area contributed by atoms with Gasteiger partial charge in [-0.15, -0.1) is 0 Å². The number of aromatic nitrogens is 2. The molecule has 84 valence electrons. The fourth-order valence-corrected chi connectivity index (χ4v) is 1.35. The molecular weight excluding hydrogens is 192 g/mol. The van der Waals surface area contributed by atoms with Crippen LogP contribution in [0.3, 0.4) is 0 Å². The summed E-state index contributed by atoms with van der Waals surface area (Å²) in [5.41, 5.74) is 0. The average Bonchev–Trinajstić information content (AvgIpc) is 2.51. The third-order valence-electron chi connectivity index (χ3n) is 1.98. The molecule has 0 radical (unpaired) electrons. The van der Waals surface area contributed by atoms with E-state index < -0.39 is 0 Å². The lowest BCUT2D eigenvalue weighted by Crippen LogP contribution is -2.02. The van der Waals surface area contributed by atoms with Gasteiger partial charge in [0.25, 0.3) is 0 Å². The summed E-state index contributed by atoms with van der Waals surface area (Å²) >= 11 is 0. The van der Waals surface area contributed by atoms with Crippen LogP contribution in [0.15, 0.2) is 4.52 Å². The molecule has 1 aromatic heterocycles. The van der Waals surface area contributed by atoms with E-state index in [0.717, 1.165) is 12.8 Å². The molecular formula is C11H18N2O2. The first kappa shape index (κ1) is 11.9. The van der Waals surface area contributed by atoms with Crippen molar-refractivity contribution < 1.29 is 9.32 Å². The fourth-order valence-electron chi connectivity index (χ4n) is 1.35. The van der Waals surface area contributed by atoms with Crippen LogP contribution in [0.4, 0.5) is 0 Å². The van der Waals surface area contributed by atoms with Crippen molar-refractivity contribution in [2.24, 2.45) is 5.92 Å². The van der Waals surface area contributed by atoms with Crippen LogP contribution < -0.4 is 0 Å². The van der Waals surface area contributed by atoms with Gasteiger partial charge in [-0.1, -0.05) is 25.9 Å². The predicted octanol–water partition coefficient (Wildman–Crippen LogP) is 2.18. The molecule has 0 atom stereocenters. The van der Waals surface area contributed by atoms with Gasteiger partial charge in [0.2, 0.25) is 5.89 Å². The molecule has 0 aliphatic rings. The molecule has 0 amide bonds. The molecule has 0 unspecified atom stereocenters. The molecule has 0 aliphatic heterocycles. The summed E-state index contributed by atoms with van der Waals surface area (Å²) < 4.78 is 5.00. The smallest absolute Gasteiger partial charge is 0.234 e. The highest BCUT2D eigenvalue weighted by molar-refractivity contribution is 5.79. The zero-order chi connectivity index (χ0) is 11.3. The van der Waals surface area contributed by atoms with Crippen LogP contribution in [0, 0.1) is 5.92 Å². The Kier molecular flexibility index (Phi) is 4.46. The number of carbonyl (C=O) groups is 1. The molecule has 4 heteroatoms. The van der Waals surface area contributed by atoms with Crippen LogP contribution in [0.2, 0.25) is 0 Å². The Bertz CT molecular complexity index is 318. The number of Topliss-reactive ketones (excluding diaryl/α,β-unsaturated/α-hetero) is 1. The summed E-state index contributed by atoms with van der Waals surface area (Å²) in [4.78, 5) is 15.5. The summed E-state index contributed by atoms with van der Waals surface area (Å²) in [5, 5.41) is 3.83. The maximum Gasteiger partial charge on any atom is 0.234 e.